The van der Waals surface area contributed by atoms with Crippen molar-refractivity contribution in [3.8, 4) is 5.75 Å². The van der Waals surface area contributed by atoms with Crippen LogP contribution in [-0.4, -0.2) is 20.8 Å². The molecule has 0 fully saturated rings. The fourth-order valence-electron chi connectivity index (χ4n) is 1.76. The van der Waals surface area contributed by atoms with Gasteiger partial charge in [-0.05, 0) is 49.6 Å². The Hall–Kier alpha value is -0.920. The van der Waals surface area contributed by atoms with E-state index in [1.54, 1.807) is 4.68 Å². The molecule has 0 unspecified atom stereocenters. The summed E-state index contributed by atoms with van der Waals surface area (Å²) in [6.45, 7) is 5.45. The second kappa shape index (κ2) is 7.38. The molecule has 7 heteroatoms. The van der Waals surface area contributed by atoms with Crippen molar-refractivity contribution in [3.05, 3.63) is 38.8 Å². The number of benzene rings is 1. The van der Waals surface area contributed by atoms with Gasteiger partial charge in [-0.3, -0.25) is 4.68 Å². The van der Waals surface area contributed by atoms with E-state index < -0.39 is 0 Å². The zero-order valence-electron chi connectivity index (χ0n) is 12.2. The monoisotopic (exact) mass is 416 g/mol. The molecule has 0 spiro atoms. The maximum atomic E-state index is 5.84. The van der Waals surface area contributed by atoms with Gasteiger partial charge in [-0.2, -0.15) is 5.10 Å². The van der Waals surface area contributed by atoms with Gasteiger partial charge in [0, 0.05) is 19.6 Å². The van der Waals surface area contributed by atoms with Gasteiger partial charge in [0.15, 0.2) is 5.82 Å². The van der Waals surface area contributed by atoms with Crippen LogP contribution in [0, 0.1) is 0 Å². The number of nitrogens with one attached hydrogen (secondary N) is 1. The Bertz CT molecular complexity index is 590. The molecule has 0 saturated carbocycles. The Labute approximate surface area is 141 Å². The molecule has 0 atom stereocenters. The van der Waals surface area contributed by atoms with Gasteiger partial charge in [0.2, 0.25) is 0 Å². The first kappa shape index (κ1) is 16.5. The molecule has 0 amide bonds. The van der Waals surface area contributed by atoms with Crippen LogP contribution in [0.1, 0.15) is 25.2 Å². The molecule has 2 aromatic rings. The normalized spacial score (nSPS) is 11.1. The third-order valence-electron chi connectivity index (χ3n) is 2.92. The van der Waals surface area contributed by atoms with Gasteiger partial charge in [0.25, 0.3) is 0 Å². The number of halogens is 2. The van der Waals surface area contributed by atoms with E-state index in [1.165, 1.54) is 11.9 Å². The van der Waals surface area contributed by atoms with Gasteiger partial charge in [-0.1, -0.05) is 13.8 Å². The number of hydrogen-bond acceptors (Lipinski definition) is 4. The van der Waals surface area contributed by atoms with Crippen molar-refractivity contribution in [1.82, 2.24) is 20.1 Å². The molecule has 0 bridgehead atoms. The molecule has 0 saturated heterocycles. The number of hydrogen-bond donors (Lipinski definition) is 1. The summed E-state index contributed by atoms with van der Waals surface area (Å²) < 4.78 is 9.37. The third kappa shape index (κ3) is 4.52. The zero-order valence-corrected chi connectivity index (χ0v) is 15.4. The van der Waals surface area contributed by atoms with Crippen molar-refractivity contribution in [1.29, 1.82) is 0 Å². The van der Waals surface area contributed by atoms with Crippen LogP contribution in [0.3, 0.4) is 0 Å². The van der Waals surface area contributed by atoms with E-state index in [9.17, 15) is 0 Å². The topological polar surface area (TPSA) is 52.0 Å². The second-order valence-corrected chi connectivity index (χ2v) is 6.72. The first-order valence-electron chi connectivity index (χ1n) is 6.64. The Balaban J connectivity index is 2.08. The Morgan fingerprint density at radius 1 is 1.29 bits per heavy atom. The minimum Gasteiger partial charge on any atom is -0.483 e. The lowest BCUT2D eigenvalue weighted by Crippen LogP contribution is -2.21. The third-order valence-corrected chi connectivity index (χ3v) is 4.10. The van der Waals surface area contributed by atoms with Gasteiger partial charge >= 0.3 is 0 Å². The smallest absolute Gasteiger partial charge is 0.164 e. The molecule has 1 heterocycles. The van der Waals surface area contributed by atoms with E-state index in [0.717, 1.165) is 27.1 Å². The summed E-state index contributed by atoms with van der Waals surface area (Å²) in [6.07, 6.45) is 1.52. The summed E-state index contributed by atoms with van der Waals surface area (Å²) in [4.78, 5) is 4.14. The van der Waals surface area contributed by atoms with Crippen molar-refractivity contribution in [2.45, 2.75) is 33.0 Å². The average Bonchev–Trinajstić information content (AvgIpc) is 2.81. The van der Waals surface area contributed by atoms with Crippen LogP contribution >= 0.6 is 31.9 Å². The number of rotatable bonds is 6. The van der Waals surface area contributed by atoms with E-state index >= 15 is 0 Å². The molecule has 2 rings (SSSR count). The van der Waals surface area contributed by atoms with Crippen molar-refractivity contribution >= 4 is 31.9 Å². The summed E-state index contributed by atoms with van der Waals surface area (Å²) in [5.74, 6) is 1.55. The summed E-state index contributed by atoms with van der Waals surface area (Å²) >= 11 is 7.12. The molecule has 0 radical (unpaired) electrons. The fraction of sp³-hybridized carbons (Fsp3) is 0.429. The molecule has 0 aliphatic carbocycles. The van der Waals surface area contributed by atoms with E-state index in [4.69, 9.17) is 4.74 Å². The molecule has 5 nitrogen and oxygen atoms in total. The Morgan fingerprint density at radius 2 is 1.95 bits per heavy atom. The average molecular weight is 418 g/mol. The number of aryl methyl sites for hydroxylation is 1. The van der Waals surface area contributed by atoms with Crippen LogP contribution in [0.5, 0.6) is 5.75 Å². The lowest BCUT2D eigenvalue weighted by Gasteiger charge is -2.13. The highest BCUT2D eigenvalue weighted by molar-refractivity contribution is 9.11. The van der Waals surface area contributed by atoms with Crippen molar-refractivity contribution in [2.24, 2.45) is 7.05 Å². The van der Waals surface area contributed by atoms with Crippen LogP contribution in [0.4, 0.5) is 0 Å². The molecule has 1 aromatic carbocycles. The standard InChI is InChI=1S/C14H18Br2N4O/c1-9(2)17-6-10-4-11(15)14(12(16)5-10)21-7-13-18-8-19-20(13)3/h4-5,8-9,17H,6-7H2,1-3H3. The highest BCUT2D eigenvalue weighted by Gasteiger charge is 2.11. The predicted molar refractivity (Wildman–Crippen MR) is 89.2 cm³/mol. The second-order valence-electron chi connectivity index (χ2n) is 5.01. The lowest BCUT2D eigenvalue weighted by molar-refractivity contribution is 0.286. The van der Waals surface area contributed by atoms with Crippen LogP contribution < -0.4 is 10.1 Å². The minimum atomic E-state index is 0.372. The largest absolute Gasteiger partial charge is 0.483 e. The SMILES string of the molecule is CC(C)NCc1cc(Br)c(OCc2ncnn2C)c(Br)c1. The molecule has 1 N–H and O–H groups in total. The maximum absolute atomic E-state index is 5.84. The summed E-state index contributed by atoms with van der Waals surface area (Å²) in [6, 6.07) is 4.58. The molecule has 114 valence electrons. The first-order valence-corrected chi connectivity index (χ1v) is 8.23. The van der Waals surface area contributed by atoms with E-state index in [-0.39, 0.29) is 0 Å². The zero-order chi connectivity index (χ0) is 15.4. The first-order chi connectivity index (χ1) is 9.97. The summed E-state index contributed by atoms with van der Waals surface area (Å²) in [5, 5.41) is 7.42. The molecule has 0 aliphatic heterocycles. The number of nitrogens with zero attached hydrogens (tertiary/aromatic N) is 3. The highest BCUT2D eigenvalue weighted by atomic mass is 79.9. The van der Waals surface area contributed by atoms with Gasteiger partial charge in [0.05, 0.1) is 8.95 Å². The van der Waals surface area contributed by atoms with Crippen LogP contribution in [-0.2, 0) is 20.2 Å². The van der Waals surface area contributed by atoms with Gasteiger partial charge in [-0.15, -0.1) is 0 Å². The molecular weight excluding hydrogens is 400 g/mol. The summed E-state index contributed by atoms with van der Waals surface area (Å²) in [7, 11) is 1.84. The van der Waals surface area contributed by atoms with E-state index in [2.05, 4.69) is 73.2 Å². The number of ether oxygens (including phenoxy) is 1. The van der Waals surface area contributed by atoms with Gasteiger partial charge in [0.1, 0.15) is 18.7 Å². The predicted octanol–water partition coefficient (Wildman–Crippen LogP) is 3.42. The number of aromatic nitrogens is 3. The van der Waals surface area contributed by atoms with Crippen LogP contribution in [0.15, 0.2) is 27.4 Å². The highest BCUT2D eigenvalue weighted by Crippen LogP contribution is 2.35. The van der Waals surface area contributed by atoms with Crippen molar-refractivity contribution in [3.63, 3.8) is 0 Å². The van der Waals surface area contributed by atoms with E-state index in [1.807, 2.05) is 7.05 Å². The van der Waals surface area contributed by atoms with Crippen LogP contribution in [0.2, 0.25) is 0 Å². The summed E-state index contributed by atoms with van der Waals surface area (Å²) in [5.41, 5.74) is 1.19. The maximum Gasteiger partial charge on any atom is 0.164 e. The minimum absolute atomic E-state index is 0.372. The van der Waals surface area contributed by atoms with Gasteiger partial charge < -0.3 is 10.1 Å². The molecule has 0 aliphatic rings. The van der Waals surface area contributed by atoms with Gasteiger partial charge in [-0.25, -0.2) is 4.98 Å². The Morgan fingerprint density at radius 3 is 2.48 bits per heavy atom. The fourth-order valence-corrected chi connectivity index (χ4v) is 3.27. The van der Waals surface area contributed by atoms with Crippen LogP contribution in [0.25, 0.3) is 0 Å². The molecule has 1 aromatic heterocycles. The van der Waals surface area contributed by atoms with Crippen molar-refractivity contribution in [2.75, 3.05) is 0 Å². The Kier molecular flexibility index (Phi) is 5.78. The molecular formula is C14H18Br2N4O. The quantitative estimate of drug-likeness (QED) is 0.782. The van der Waals surface area contributed by atoms with Crippen molar-refractivity contribution < 1.29 is 4.74 Å². The lowest BCUT2D eigenvalue weighted by atomic mass is 10.2. The molecule has 21 heavy (non-hydrogen) atoms. The van der Waals surface area contributed by atoms with E-state index in [0.29, 0.717) is 12.6 Å².